The Bertz CT molecular complexity index is 1150. The van der Waals surface area contributed by atoms with Crippen molar-refractivity contribution in [2.75, 3.05) is 6.61 Å². The van der Waals surface area contributed by atoms with Crippen LogP contribution in [0.1, 0.15) is 87.8 Å². The number of rotatable bonds is 11. The molecule has 1 aliphatic rings. The number of allylic oxidation sites excluding steroid dienone is 2. The van der Waals surface area contributed by atoms with Crippen LogP contribution >= 0.6 is 11.6 Å². The molecule has 0 aliphatic heterocycles. The van der Waals surface area contributed by atoms with Gasteiger partial charge in [0, 0.05) is 5.56 Å². The summed E-state index contributed by atoms with van der Waals surface area (Å²) in [5, 5.41) is 0.0937. The molecule has 1 aliphatic carbocycles. The van der Waals surface area contributed by atoms with Crippen LogP contribution in [0.15, 0.2) is 66.7 Å². The summed E-state index contributed by atoms with van der Waals surface area (Å²) < 4.78 is 20.7. The van der Waals surface area contributed by atoms with Crippen molar-refractivity contribution in [2.45, 2.75) is 77.6 Å². The highest BCUT2D eigenvalue weighted by atomic mass is 35.5. The van der Waals surface area contributed by atoms with Gasteiger partial charge in [0.2, 0.25) is 0 Å². The molecule has 0 fully saturated rings. The van der Waals surface area contributed by atoms with Crippen LogP contribution in [0.2, 0.25) is 5.02 Å². The lowest BCUT2D eigenvalue weighted by Crippen LogP contribution is -2.06. The molecule has 0 saturated heterocycles. The average molecular weight is 505 g/mol. The normalized spacial score (nSPS) is 15.6. The van der Waals surface area contributed by atoms with E-state index in [-0.39, 0.29) is 10.8 Å². The van der Waals surface area contributed by atoms with Crippen LogP contribution in [0.25, 0.3) is 16.7 Å². The van der Waals surface area contributed by atoms with Gasteiger partial charge in [-0.3, -0.25) is 0 Å². The summed E-state index contributed by atoms with van der Waals surface area (Å²) in [4.78, 5) is 0. The zero-order valence-corrected chi connectivity index (χ0v) is 22.4. The Labute approximate surface area is 221 Å². The number of benzene rings is 3. The number of unbranched alkanes of at least 4 members (excludes halogenated alkanes) is 3. The van der Waals surface area contributed by atoms with E-state index in [9.17, 15) is 0 Å². The predicted molar refractivity (Wildman–Crippen MR) is 151 cm³/mol. The SMILES string of the molecule is CCCCCc1ccc(-c2ccc(C3CC=C(c4ccc(OCCCC)c(Cl)c4F)CC3)cc2)cc1. The molecule has 4 rings (SSSR count). The maximum Gasteiger partial charge on any atom is 0.153 e. The van der Waals surface area contributed by atoms with Gasteiger partial charge in [0.05, 0.1) is 6.61 Å². The summed E-state index contributed by atoms with van der Waals surface area (Å²) in [6.07, 6.45) is 11.9. The number of halogens is 2. The Kier molecular flexibility index (Phi) is 9.64. The molecule has 0 amide bonds. The maximum absolute atomic E-state index is 15.0. The van der Waals surface area contributed by atoms with E-state index in [0.29, 0.717) is 23.8 Å². The van der Waals surface area contributed by atoms with Crippen molar-refractivity contribution in [3.05, 3.63) is 94.3 Å². The molecule has 36 heavy (non-hydrogen) atoms. The summed E-state index contributed by atoms with van der Waals surface area (Å²) in [5.41, 5.74) is 6.94. The van der Waals surface area contributed by atoms with E-state index in [1.54, 1.807) is 6.07 Å². The number of hydrogen-bond acceptors (Lipinski definition) is 1. The highest BCUT2D eigenvalue weighted by molar-refractivity contribution is 6.32. The molecule has 0 saturated carbocycles. The quantitative estimate of drug-likeness (QED) is 0.236. The van der Waals surface area contributed by atoms with Crippen molar-refractivity contribution in [1.82, 2.24) is 0 Å². The van der Waals surface area contributed by atoms with Crippen molar-refractivity contribution in [2.24, 2.45) is 0 Å². The van der Waals surface area contributed by atoms with Gasteiger partial charge in [-0.05, 0) is 84.4 Å². The van der Waals surface area contributed by atoms with Crippen LogP contribution in [0.4, 0.5) is 4.39 Å². The Morgan fingerprint density at radius 3 is 2.19 bits per heavy atom. The fourth-order valence-electron chi connectivity index (χ4n) is 4.99. The van der Waals surface area contributed by atoms with Gasteiger partial charge in [-0.15, -0.1) is 0 Å². The lowest BCUT2D eigenvalue weighted by Gasteiger charge is -2.23. The second kappa shape index (κ2) is 13.1. The third kappa shape index (κ3) is 6.59. The molecule has 1 nitrogen and oxygen atoms in total. The first-order chi connectivity index (χ1) is 17.6. The summed E-state index contributed by atoms with van der Waals surface area (Å²) in [6.45, 7) is 4.90. The Balaban J connectivity index is 1.38. The third-order valence-corrected chi connectivity index (χ3v) is 7.65. The maximum atomic E-state index is 15.0. The van der Waals surface area contributed by atoms with E-state index in [0.717, 1.165) is 44.1 Å². The first-order valence-electron chi connectivity index (χ1n) is 13.6. The van der Waals surface area contributed by atoms with Gasteiger partial charge in [-0.25, -0.2) is 4.39 Å². The Morgan fingerprint density at radius 1 is 0.861 bits per heavy atom. The van der Waals surface area contributed by atoms with Crippen molar-refractivity contribution in [3.63, 3.8) is 0 Å². The molecule has 0 N–H and O–H groups in total. The van der Waals surface area contributed by atoms with Gasteiger partial charge in [-0.2, -0.15) is 0 Å². The minimum Gasteiger partial charge on any atom is -0.492 e. The van der Waals surface area contributed by atoms with E-state index in [1.165, 1.54) is 41.5 Å². The third-order valence-electron chi connectivity index (χ3n) is 7.30. The van der Waals surface area contributed by atoms with Gasteiger partial charge >= 0.3 is 0 Å². The summed E-state index contributed by atoms with van der Waals surface area (Å²) in [7, 11) is 0. The molecule has 1 atom stereocenters. The lowest BCUT2D eigenvalue weighted by atomic mass is 9.82. The molecule has 3 aromatic carbocycles. The largest absolute Gasteiger partial charge is 0.492 e. The van der Waals surface area contributed by atoms with Crippen LogP contribution in [0, 0.1) is 5.82 Å². The summed E-state index contributed by atoms with van der Waals surface area (Å²) in [6, 6.07) is 21.6. The van der Waals surface area contributed by atoms with Crippen molar-refractivity contribution in [3.8, 4) is 16.9 Å². The van der Waals surface area contributed by atoms with Gasteiger partial charge in [0.1, 0.15) is 10.8 Å². The van der Waals surface area contributed by atoms with Crippen LogP contribution in [0.3, 0.4) is 0 Å². The predicted octanol–water partition coefficient (Wildman–Crippen LogP) is 10.4. The van der Waals surface area contributed by atoms with Crippen LogP contribution in [0.5, 0.6) is 5.75 Å². The highest BCUT2D eigenvalue weighted by Gasteiger charge is 2.21. The molecule has 0 heterocycles. The standard InChI is InChI=1S/C33H38ClFO/c1-3-5-7-8-24-9-11-25(12-10-24)26-13-15-27(16-14-26)28-17-19-29(20-18-28)30-21-22-31(32(34)33(30)35)36-23-6-4-2/h9-16,19,21-22,28H,3-8,17-18,20,23H2,1-2H3. The van der Waals surface area contributed by atoms with Crippen molar-refractivity contribution in [1.29, 1.82) is 0 Å². The van der Waals surface area contributed by atoms with Crippen LogP contribution in [-0.2, 0) is 6.42 Å². The zero-order chi connectivity index (χ0) is 25.3. The molecule has 1 unspecified atom stereocenters. The molecule has 0 bridgehead atoms. The topological polar surface area (TPSA) is 9.23 Å². The summed E-state index contributed by atoms with van der Waals surface area (Å²) >= 11 is 6.30. The van der Waals surface area contributed by atoms with Crippen molar-refractivity contribution >= 4 is 17.2 Å². The molecule has 3 aromatic rings. The first kappa shape index (κ1) is 26.5. The molecule has 0 spiro atoms. The van der Waals surface area contributed by atoms with Crippen LogP contribution in [-0.4, -0.2) is 6.61 Å². The van der Waals surface area contributed by atoms with E-state index in [4.69, 9.17) is 16.3 Å². The van der Waals surface area contributed by atoms with E-state index < -0.39 is 0 Å². The minimum atomic E-state index is -0.365. The van der Waals surface area contributed by atoms with E-state index in [2.05, 4.69) is 68.5 Å². The van der Waals surface area contributed by atoms with Gasteiger partial charge in [-0.1, -0.05) is 99.3 Å². The fraction of sp³-hybridized carbons (Fsp3) is 0.394. The average Bonchev–Trinajstić information content (AvgIpc) is 2.92. The molecular formula is C33H38ClFO. The number of aryl methyl sites for hydroxylation is 1. The van der Waals surface area contributed by atoms with Gasteiger partial charge in [0.15, 0.2) is 5.82 Å². The molecule has 190 valence electrons. The lowest BCUT2D eigenvalue weighted by molar-refractivity contribution is 0.308. The monoisotopic (exact) mass is 504 g/mol. The molecular weight excluding hydrogens is 467 g/mol. The second-order valence-corrected chi connectivity index (χ2v) is 10.3. The minimum absolute atomic E-state index is 0.0937. The summed E-state index contributed by atoms with van der Waals surface area (Å²) in [5.74, 6) is 0.530. The van der Waals surface area contributed by atoms with E-state index >= 15 is 4.39 Å². The Morgan fingerprint density at radius 2 is 1.56 bits per heavy atom. The fourth-order valence-corrected chi connectivity index (χ4v) is 5.21. The number of hydrogen-bond donors (Lipinski definition) is 0. The van der Waals surface area contributed by atoms with Gasteiger partial charge in [0.25, 0.3) is 0 Å². The van der Waals surface area contributed by atoms with Crippen molar-refractivity contribution < 1.29 is 9.13 Å². The number of ether oxygens (including phenoxy) is 1. The first-order valence-corrected chi connectivity index (χ1v) is 14.0. The van der Waals surface area contributed by atoms with Gasteiger partial charge < -0.3 is 4.74 Å². The highest BCUT2D eigenvalue weighted by Crippen LogP contribution is 2.40. The Hall–Kier alpha value is -2.58. The van der Waals surface area contributed by atoms with E-state index in [1.807, 2.05) is 6.07 Å². The smallest absolute Gasteiger partial charge is 0.153 e. The zero-order valence-electron chi connectivity index (χ0n) is 21.7. The molecule has 0 aromatic heterocycles. The molecule has 3 heteroatoms. The second-order valence-electron chi connectivity index (χ2n) is 9.92. The molecule has 0 radical (unpaired) electrons. The van der Waals surface area contributed by atoms with Crippen LogP contribution < -0.4 is 4.74 Å².